The van der Waals surface area contributed by atoms with E-state index in [1.807, 2.05) is 19.1 Å². The molecular formula is C16H25NO. The van der Waals surface area contributed by atoms with Gasteiger partial charge in [0.05, 0.1) is 6.10 Å². The number of nitrogens with zero attached hydrogens (tertiary/aromatic N) is 1. The summed E-state index contributed by atoms with van der Waals surface area (Å²) < 4.78 is 0. The molecule has 0 bridgehead atoms. The van der Waals surface area contributed by atoms with Crippen molar-refractivity contribution >= 4 is 5.69 Å². The Morgan fingerprint density at radius 1 is 1.22 bits per heavy atom. The lowest BCUT2D eigenvalue weighted by Crippen LogP contribution is -2.35. The van der Waals surface area contributed by atoms with Gasteiger partial charge in [0.1, 0.15) is 0 Å². The second kappa shape index (κ2) is 5.75. The zero-order chi connectivity index (χ0) is 13.1. The van der Waals surface area contributed by atoms with Gasteiger partial charge in [-0.25, -0.2) is 0 Å². The van der Waals surface area contributed by atoms with E-state index < -0.39 is 0 Å². The summed E-state index contributed by atoms with van der Waals surface area (Å²) in [4.78, 5) is 2.40. The van der Waals surface area contributed by atoms with Crippen molar-refractivity contribution in [2.75, 3.05) is 11.9 Å². The molecule has 0 heterocycles. The summed E-state index contributed by atoms with van der Waals surface area (Å²) in [5.41, 5.74) is 2.25. The Morgan fingerprint density at radius 2 is 1.89 bits per heavy atom. The molecule has 1 aliphatic rings. The molecule has 2 nitrogen and oxygen atoms in total. The largest absolute Gasteiger partial charge is 0.389 e. The van der Waals surface area contributed by atoms with Gasteiger partial charge in [0, 0.05) is 18.8 Å². The molecule has 0 aliphatic heterocycles. The summed E-state index contributed by atoms with van der Waals surface area (Å²) in [6, 6.07) is 8.99. The smallest absolute Gasteiger partial charge is 0.0761 e. The van der Waals surface area contributed by atoms with Crippen LogP contribution in [0.25, 0.3) is 0 Å². The average Bonchev–Trinajstić information content (AvgIpc) is 2.38. The van der Waals surface area contributed by atoms with Crippen LogP contribution < -0.4 is 4.90 Å². The number of rotatable bonds is 3. The minimum absolute atomic E-state index is 0.376. The SMILES string of the molecule is CC1CCCC(N(C)c2ccc([C@H](C)O)cc2)C1. The number of aliphatic hydroxyl groups is 1. The van der Waals surface area contributed by atoms with Crippen LogP contribution in [0.1, 0.15) is 51.2 Å². The van der Waals surface area contributed by atoms with Crippen molar-refractivity contribution < 1.29 is 5.11 Å². The van der Waals surface area contributed by atoms with Crippen molar-refractivity contribution in [3.63, 3.8) is 0 Å². The maximum absolute atomic E-state index is 9.52. The van der Waals surface area contributed by atoms with Gasteiger partial charge in [0.15, 0.2) is 0 Å². The van der Waals surface area contributed by atoms with Gasteiger partial charge in [0.2, 0.25) is 0 Å². The van der Waals surface area contributed by atoms with Gasteiger partial charge in [-0.05, 0) is 43.4 Å². The van der Waals surface area contributed by atoms with Gasteiger partial charge in [-0.2, -0.15) is 0 Å². The zero-order valence-corrected chi connectivity index (χ0v) is 11.8. The molecule has 100 valence electrons. The molecule has 1 aromatic carbocycles. The zero-order valence-electron chi connectivity index (χ0n) is 11.8. The fourth-order valence-corrected chi connectivity index (χ4v) is 2.95. The number of benzene rings is 1. The van der Waals surface area contributed by atoms with E-state index >= 15 is 0 Å². The van der Waals surface area contributed by atoms with Crippen molar-refractivity contribution in [2.24, 2.45) is 5.92 Å². The normalized spacial score (nSPS) is 25.8. The van der Waals surface area contributed by atoms with Crippen LogP contribution >= 0.6 is 0 Å². The summed E-state index contributed by atoms with van der Waals surface area (Å²) >= 11 is 0. The first-order valence-electron chi connectivity index (χ1n) is 7.08. The third-order valence-electron chi connectivity index (χ3n) is 4.24. The maximum Gasteiger partial charge on any atom is 0.0761 e. The molecule has 0 amide bonds. The molecule has 0 radical (unpaired) electrons. The fourth-order valence-electron chi connectivity index (χ4n) is 2.95. The second-order valence-corrected chi connectivity index (χ2v) is 5.80. The Labute approximate surface area is 111 Å². The predicted octanol–water partition coefficient (Wildman–Crippen LogP) is 3.75. The quantitative estimate of drug-likeness (QED) is 0.879. The first kappa shape index (κ1) is 13.4. The van der Waals surface area contributed by atoms with Crippen LogP contribution in [-0.2, 0) is 0 Å². The summed E-state index contributed by atoms with van der Waals surface area (Å²) in [5, 5.41) is 9.52. The molecule has 1 N–H and O–H groups in total. The first-order chi connectivity index (χ1) is 8.58. The van der Waals surface area contributed by atoms with Crippen molar-refractivity contribution in [1.29, 1.82) is 0 Å². The molecule has 1 saturated carbocycles. The predicted molar refractivity (Wildman–Crippen MR) is 76.9 cm³/mol. The van der Waals surface area contributed by atoms with Gasteiger partial charge in [-0.1, -0.05) is 31.9 Å². The lowest BCUT2D eigenvalue weighted by atomic mass is 9.86. The minimum atomic E-state index is -0.376. The highest BCUT2D eigenvalue weighted by atomic mass is 16.3. The second-order valence-electron chi connectivity index (χ2n) is 5.80. The monoisotopic (exact) mass is 247 g/mol. The van der Waals surface area contributed by atoms with E-state index in [1.165, 1.54) is 31.4 Å². The highest BCUT2D eigenvalue weighted by Gasteiger charge is 2.22. The van der Waals surface area contributed by atoms with E-state index in [9.17, 15) is 5.11 Å². The Kier molecular flexibility index (Phi) is 4.28. The van der Waals surface area contributed by atoms with Gasteiger partial charge in [0.25, 0.3) is 0 Å². The van der Waals surface area contributed by atoms with Crippen LogP contribution in [-0.4, -0.2) is 18.2 Å². The molecule has 1 aromatic rings. The summed E-state index contributed by atoms with van der Waals surface area (Å²) in [7, 11) is 2.19. The molecule has 1 aliphatic carbocycles. The Balaban J connectivity index is 2.05. The Bertz CT molecular complexity index is 371. The van der Waals surface area contributed by atoms with E-state index in [1.54, 1.807) is 0 Å². The maximum atomic E-state index is 9.52. The molecule has 2 unspecified atom stereocenters. The summed E-state index contributed by atoms with van der Waals surface area (Å²) in [6.45, 7) is 4.16. The van der Waals surface area contributed by atoms with Crippen molar-refractivity contribution in [2.45, 2.75) is 51.7 Å². The van der Waals surface area contributed by atoms with Gasteiger partial charge in [-0.15, -0.1) is 0 Å². The van der Waals surface area contributed by atoms with E-state index in [-0.39, 0.29) is 6.10 Å². The van der Waals surface area contributed by atoms with Gasteiger partial charge < -0.3 is 10.0 Å². The average molecular weight is 247 g/mol. The summed E-state index contributed by atoms with van der Waals surface area (Å²) in [6.07, 6.45) is 4.96. The van der Waals surface area contributed by atoms with Crippen LogP contribution in [0.5, 0.6) is 0 Å². The number of anilines is 1. The molecule has 0 spiro atoms. The number of hydrogen-bond donors (Lipinski definition) is 1. The summed E-state index contributed by atoms with van der Waals surface area (Å²) in [5.74, 6) is 0.850. The van der Waals surface area contributed by atoms with E-state index in [2.05, 4.69) is 31.0 Å². The highest BCUT2D eigenvalue weighted by Crippen LogP contribution is 2.30. The number of aliphatic hydroxyl groups excluding tert-OH is 1. The van der Waals surface area contributed by atoms with Gasteiger partial charge in [-0.3, -0.25) is 0 Å². The molecule has 0 saturated heterocycles. The molecule has 2 rings (SSSR count). The van der Waals surface area contributed by atoms with E-state index in [0.29, 0.717) is 6.04 Å². The lowest BCUT2D eigenvalue weighted by molar-refractivity contribution is 0.199. The minimum Gasteiger partial charge on any atom is -0.389 e. The standard InChI is InChI=1S/C16H25NO/c1-12-5-4-6-16(11-12)17(3)15-9-7-14(8-10-15)13(2)18/h7-10,12-13,16,18H,4-6,11H2,1-3H3/t12?,13-,16?/m0/s1. The fraction of sp³-hybridized carbons (Fsp3) is 0.625. The van der Waals surface area contributed by atoms with Crippen LogP contribution in [0.15, 0.2) is 24.3 Å². The van der Waals surface area contributed by atoms with Crippen LogP contribution in [0.4, 0.5) is 5.69 Å². The van der Waals surface area contributed by atoms with Crippen LogP contribution in [0.3, 0.4) is 0 Å². The Morgan fingerprint density at radius 3 is 2.44 bits per heavy atom. The van der Waals surface area contributed by atoms with Crippen molar-refractivity contribution in [3.05, 3.63) is 29.8 Å². The number of hydrogen-bond acceptors (Lipinski definition) is 2. The highest BCUT2D eigenvalue weighted by molar-refractivity contribution is 5.48. The topological polar surface area (TPSA) is 23.5 Å². The molecule has 0 aromatic heterocycles. The first-order valence-corrected chi connectivity index (χ1v) is 7.08. The van der Waals surface area contributed by atoms with E-state index in [4.69, 9.17) is 0 Å². The van der Waals surface area contributed by atoms with Crippen molar-refractivity contribution in [3.8, 4) is 0 Å². The molecular weight excluding hydrogens is 222 g/mol. The lowest BCUT2D eigenvalue weighted by Gasteiger charge is -2.35. The Hall–Kier alpha value is -1.02. The molecule has 3 atom stereocenters. The van der Waals surface area contributed by atoms with Crippen LogP contribution in [0.2, 0.25) is 0 Å². The van der Waals surface area contributed by atoms with Gasteiger partial charge >= 0.3 is 0 Å². The molecule has 18 heavy (non-hydrogen) atoms. The van der Waals surface area contributed by atoms with Crippen LogP contribution in [0, 0.1) is 5.92 Å². The molecule has 2 heteroatoms. The molecule has 1 fully saturated rings. The third-order valence-corrected chi connectivity index (χ3v) is 4.24. The third kappa shape index (κ3) is 3.05. The van der Waals surface area contributed by atoms with Crippen molar-refractivity contribution in [1.82, 2.24) is 0 Å². The van der Waals surface area contributed by atoms with E-state index in [0.717, 1.165) is 11.5 Å².